The highest BCUT2D eigenvalue weighted by Crippen LogP contribution is 2.38. The third-order valence-corrected chi connectivity index (χ3v) is 7.71. The molecule has 3 aliphatic rings. The van der Waals surface area contributed by atoms with Crippen molar-refractivity contribution in [1.29, 1.82) is 0 Å². The van der Waals surface area contributed by atoms with Gasteiger partial charge in [-0.25, -0.2) is 14.8 Å². The van der Waals surface area contributed by atoms with Crippen molar-refractivity contribution in [2.45, 2.75) is 24.5 Å². The summed E-state index contributed by atoms with van der Waals surface area (Å²) in [5.74, 6) is -0.317. The predicted octanol–water partition coefficient (Wildman–Crippen LogP) is -0.431. The van der Waals surface area contributed by atoms with Gasteiger partial charge in [-0.3, -0.25) is 10.1 Å². The average molecular weight is 559 g/mol. The van der Waals surface area contributed by atoms with E-state index in [9.17, 15) is 14.7 Å². The maximum atomic E-state index is 13.5. The van der Waals surface area contributed by atoms with Gasteiger partial charge in [-0.15, -0.1) is 0 Å². The summed E-state index contributed by atoms with van der Waals surface area (Å²) in [6.45, 7) is 2.53. The summed E-state index contributed by atoms with van der Waals surface area (Å²) in [5, 5.41) is 18.0. The lowest BCUT2D eigenvalue weighted by Crippen LogP contribution is -3.00. The van der Waals surface area contributed by atoms with Crippen molar-refractivity contribution in [2.75, 3.05) is 31.5 Å². The number of nitrogens with one attached hydrogen (secondary N) is 1. The van der Waals surface area contributed by atoms with Gasteiger partial charge in [0.2, 0.25) is 11.5 Å². The van der Waals surface area contributed by atoms with Gasteiger partial charge in [0.05, 0.1) is 13.1 Å². The largest absolute Gasteiger partial charge is 1.00 e. The number of esters is 1. The van der Waals surface area contributed by atoms with Crippen LogP contribution in [-0.4, -0.2) is 63.7 Å². The molecule has 1 aromatic carbocycles. The second kappa shape index (κ2) is 10.5. The fraction of sp³-hybridized carbons (Fsp3) is 0.360. The highest BCUT2D eigenvalue weighted by atomic mass is 79.9. The summed E-state index contributed by atoms with van der Waals surface area (Å²) >= 11 is 1.42. The molecule has 3 aliphatic heterocycles. The van der Waals surface area contributed by atoms with Crippen molar-refractivity contribution < 1.29 is 40.9 Å². The number of aliphatic hydroxyl groups is 1. The second-order valence-corrected chi connectivity index (χ2v) is 9.90. The molecular formula is C25H27BrN4O4S. The Balaban J connectivity index is 0.00000289. The van der Waals surface area contributed by atoms with E-state index in [1.807, 2.05) is 11.4 Å². The Hall–Kier alpha value is -2.66. The maximum Gasteiger partial charge on any atom is 0.348 e. The number of anilines is 1. The first-order chi connectivity index (χ1) is 16.5. The van der Waals surface area contributed by atoms with Crippen LogP contribution < -0.4 is 22.3 Å². The topological polar surface area (TPSA) is 101 Å². The number of hydrogen-bond donors (Lipinski definition) is 2. The molecule has 1 unspecified atom stereocenters. The molecule has 184 valence electrons. The predicted molar refractivity (Wildman–Crippen MR) is 127 cm³/mol. The molecule has 10 heteroatoms. The van der Waals surface area contributed by atoms with E-state index in [1.54, 1.807) is 54.2 Å². The van der Waals surface area contributed by atoms with Gasteiger partial charge in [-0.2, -0.15) is 11.3 Å². The first-order valence-corrected chi connectivity index (χ1v) is 12.4. The number of piperidine rings is 3. The molecule has 8 nitrogen and oxygen atoms in total. The molecule has 2 aromatic heterocycles. The first kappa shape index (κ1) is 25.4. The number of aromatic nitrogens is 2. The van der Waals surface area contributed by atoms with Crippen molar-refractivity contribution in [1.82, 2.24) is 9.97 Å². The van der Waals surface area contributed by atoms with Gasteiger partial charge < -0.3 is 31.3 Å². The Labute approximate surface area is 218 Å². The van der Waals surface area contributed by atoms with Crippen LogP contribution in [0.5, 0.6) is 0 Å². The van der Waals surface area contributed by atoms with Crippen molar-refractivity contribution in [3.8, 4) is 0 Å². The summed E-state index contributed by atoms with van der Waals surface area (Å²) in [7, 11) is 0. The lowest BCUT2D eigenvalue weighted by Gasteiger charge is -2.51. The zero-order valence-corrected chi connectivity index (χ0v) is 21.5. The van der Waals surface area contributed by atoms with Crippen molar-refractivity contribution in [2.24, 2.45) is 5.92 Å². The number of quaternary nitrogens is 1. The zero-order chi connectivity index (χ0) is 23.6. The normalized spacial score (nSPS) is 24.6. The van der Waals surface area contributed by atoms with Crippen LogP contribution in [0.15, 0.2) is 65.6 Å². The number of fused-ring (bicyclic) bond motifs is 3. The van der Waals surface area contributed by atoms with Gasteiger partial charge >= 0.3 is 5.97 Å². The Morgan fingerprint density at radius 3 is 2.46 bits per heavy atom. The number of rotatable bonds is 7. The molecule has 3 fully saturated rings. The lowest BCUT2D eigenvalue weighted by molar-refractivity contribution is -0.939. The monoisotopic (exact) mass is 558 g/mol. The summed E-state index contributed by atoms with van der Waals surface area (Å²) in [5.41, 5.74) is -0.896. The molecule has 3 aromatic rings. The minimum absolute atomic E-state index is 0. The molecular weight excluding hydrogens is 532 g/mol. The summed E-state index contributed by atoms with van der Waals surface area (Å²) in [4.78, 5) is 34.4. The Morgan fingerprint density at radius 1 is 1.09 bits per heavy atom. The Kier molecular flexibility index (Phi) is 7.65. The highest BCUT2D eigenvalue weighted by Gasteiger charge is 2.51. The number of ether oxygens (including phenoxy) is 1. The van der Waals surface area contributed by atoms with Gasteiger partial charge in [-0.05, 0) is 28.5 Å². The van der Waals surface area contributed by atoms with E-state index in [2.05, 4.69) is 15.3 Å². The standard InChI is InChI=1S/C25H26N4O4S.BrH/c30-22(28-24-26-10-4-11-27-24)16-29-12-7-18(8-13-29)21(15-29)33-23(31)25(32,20-9-14-34-17-20)19-5-2-1-3-6-19;/h1-6,9-11,14,17-18,21,32H,7-8,12-13,15-16H2;1H/t18?,21?,25-,29?;/m1./s1. The van der Waals surface area contributed by atoms with Crippen LogP contribution in [0.1, 0.15) is 24.0 Å². The lowest BCUT2D eigenvalue weighted by atomic mass is 9.82. The molecule has 2 N–H and O–H groups in total. The van der Waals surface area contributed by atoms with Crippen molar-refractivity contribution in [3.63, 3.8) is 0 Å². The van der Waals surface area contributed by atoms with Gasteiger partial charge in [-0.1, -0.05) is 30.3 Å². The van der Waals surface area contributed by atoms with E-state index < -0.39 is 11.6 Å². The van der Waals surface area contributed by atoms with Crippen LogP contribution in [0.25, 0.3) is 0 Å². The van der Waals surface area contributed by atoms with E-state index >= 15 is 0 Å². The number of carbonyl (C=O) groups excluding carboxylic acids is 2. The smallest absolute Gasteiger partial charge is 0.348 e. The minimum Gasteiger partial charge on any atom is -1.00 e. The molecule has 35 heavy (non-hydrogen) atoms. The highest BCUT2D eigenvalue weighted by molar-refractivity contribution is 7.08. The van der Waals surface area contributed by atoms with Crippen molar-refractivity contribution >= 4 is 29.2 Å². The average Bonchev–Trinajstić information content (AvgIpc) is 3.40. The number of benzene rings is 1. The van der Waals surface area contributed by atoms with Gasteiger partial charge in [0.15, 0.2) is 12.6 Å². The third kappa shape index (κ3) is 5.16. The fourth-order valence-electron chi connectivity index (χ4n) is 5.18. The maximum absolute atomic E-state index is 13.5. The molecule has 0 spiro atoms. The van der Waals surface area contributed by atoms with Crippen molar-refractivity contribution in [3.05, 3.63) is 76.7 Å². The summed E-state index contributed by atoms with van der Waals surface area (Å²) in [6, 6.07) is 12.3. The number of amides is 1. The van der Waals surface area contributed by atoms with Crippen LogP contribution in [0.3, 0.4) is 0 Å². The quantitative estimate of drug-likeness (QED) is 0.301. The Morgan fingerprint density at radius 2 is 1.80 bits per heavy atom. The number of thiophene rings is 1. The van der Waals surface area contributed by atoms with Gasteiger partial charge in [0.25, 0.3) is 5.91 Å². The summed E-state index contributed by atoms with van der Waals surface area (Å²) < 4.78 is 6.59. The van der Waals surface area contributed by atoms with E-state index in [0.29, 0.717) is 22.2 Å². The molecule has 1 amide bonds. The third-order valence-electron chi connectivity index (χ3n) is 7.02. The SMILES string of the molecule is O=C(C[N+]12CCC(CC1)C(OC(=O)[C@@](O)(c1ccccc1)c1ccsc1)C2)Nc1ncccn1.[Br-]. The number of nitrogens with zero attached hydrogens (tertiary/aromatic N) is 3. The van der Waals surface area contributed by atoms with E-state index in [1.165, 1.54) is 11.3 Å². The van der Waals surface area contributed by atoms with E-state index in [0.717, 1.165) is 25.9 Å². The molecule has 0 saturated carbocycles. The van der Waals surface area contributed by atoms with Crippen LogP contribution in [-0.2, 0) is 19.9 Å². The van der Waals surface area contributed by atoms with Gasteiger partial charge in [0, 0.05) is 36.7 Å². The molecule has 0 aliphatic carbocycles. The van der Waals surface area contributed by atoms with Crippen LogP contribution in [0, 0.1) is 5.92 Å². The molecule has 2 bridgehead atoms. The van der Waals surface area contributed by atoms with Gasteiger partial charge in [0.1, 0.15) is 6.54 Å². The summed E-state index contributed by atoms with van der Waals surface area (Å²) in [6.07, 6.45) is 4.55. The van der Waals surface area contributed by atoms with E-state index in [-0.39, 0.29) is 47.4 Å². The molecule has 3 saturated heterocycles. The zero-order valence-electron chi connectivity index (χ0n) is 19.0. The van der Waals surface area contributed by atoms with Crippen LogP contribution in [0.4, 0.5) is 5.95 Å². The molecule has 2 atom stereocenters. The van der Waals surface area contributed by atoms with E-state index in [4.69, 9.17) is 4.74 Å². The molecule has 0 radical (unpaired) electrons. The molecule has 6 rings (SSSR count). The Bertz CT molecular complexity index is 1140. The number of carbonyl (C=O) groups is 2. The van der Waals surface area contributed by atoms with Crippen LogP contribution >= 0.6 is 11.3 Å². The minimum atomic E-state index is -1.87. The second-order valence-electron chi connectivity index (χ2n) is 9.12. The number of hydrogen-bond acceptors (Lipinski definition) is 7. The fourth-order valence-corrected chi connectivity index (χ4v) is 5.88. The first-order valence-electron chi connectivity index (χ1n) is 11.4. The molecule has 5 heterocycles. The van der Waals surface area contributed by atoms with Crippen LogP contribution in [0.2, 0.25) is 0 Å². The number of halogens is 1.